The van der Waals surface area contributed by atoms with Gasteiger partial charge in [0, 0.05) is 12.3 Å². The van der Waals surface area contributed by atoms with Crippen LogP contribution in [0.3, 0.4) is 0 Å². The largest absolute Gasteiger partial charge is 0.394 e. The predicted octanol–water partition coefficient (Wildman–Crippen LogP) is 0.389. The number of carbonyl (C=O) groups is 1. The Morgan fingerprint density at radius 2 is 2.06 bits per heavy atom. The van der Waals surface area contributed by atoms with Gasteiger partial charge in [-0.2, -0.15) is 0 Å². The fraction of sp³-hybridized carbons (Fsp3) is 0.417. The van der Waals surface area contributed by atoms with Gasteiger partial charge in [0.15, 0.2) is 0 Å². The second kappa shape index (κ2) is 8.11. The molecule has 0 aliphatic carbocycles. The van der Waals surface area contributed by atoms with Gasteiger partial charge < -0.3 is 15.5 Å². The van der Waals surface area contributed by atoms with Crippen LogP contribution in [0.4, 0.5) is 0 Å². The lowest BCUT2D eigenvalue weighted by Crippen LogP contribution is -2.25. The van der Waals surface area contributed by atoms with E-state index in [1.165, 1.54) is 11.8 Å². The first-order valence-corrected chi connectivity index (χ1v) is 6.55. The minimum absolute atomic E-state index is 0.0657. The minimum atomic E-state index is -0.748. The van der Waals surface area contributed by atoms with E-state index in [4.69, 9.17) is 10.2 Å². The van der Waals surface area contributed by atoms with Gasteiger partial charge in [0.25, 0.3) is 0 Å². The molecule has 0 saturated carbocycles. The van der Waals surface area contributed by atoms with E-state index >= 15 is 0 Å². The number of amides is 1. The SMILES string of the molecule is O=C(CSCC(O)CO)NCc1ccccc1. The Bertz CT molecular complexity index is 332. The molecule has 0 bridgehead atoms. The van der Waals surface area contributed by atoms with Gasteiger partial charge in [-0.25, -0.2) is 0 Å². The highest BCUT2D eigenvalue weighted by Crippen LogP contribution is 2.03. The molecule has 1 amide bonds. The van der Waals surface area contributed by atoms with E-state index in [1.54, 1.807) is 0 Å². The molecule has 0 fully saturated rings. The Labute approximate surface area is 105 Å². The van der Waals surface area contributed by atoms with Crippen LogP contribution in [0.5, 0.6) is 0 Å². The molecule has 1 rings (SSSR count). The number of thioether (sulfide) groups is 1. The molecule has 4 nitrogen and oxygen atoms in total. The Kier molecular flexibility index (Phi) is 6.69. The maximum absolute atomic E-state index is 11.4. The Balaban J connectivity index is 2.13. The summed E-state index contributed by atoms with van der Waals surface area (Å²) in [5.41, 5.74) is 1.06. The monoisotopic (exact) mass is 255 g/mol. The molecule has 1 atom stereocenters. The van der Waals surface area contributed by atoms with Crippen LogP contribution in [0, 0.1) is 0 Å². The van der Waals surface area contributed by atoms with E-state index in [2.05, 4.69) is 5.32 Å². The fourth-order valence-corrected chi connectivity index (χ4v) is 1.97. The first-order valence-electron chi connectivity index (χ1n) is 5.39. The van der Waals surface area contributed by atoms with Crippen molar-refractivity contribution in [2.24, 2.45) is 0 Å². The van der Waals surface area contributed by atoms with Crippen molar-refractivity contribution < 1.29 is 15.0 Å². The number of carbonyl (C=O) groups excluding carboxylic acids is 1. The van der Waals surface area contributed by atoms with Crippen LogP contribution < -0.4 is 5.32 Å². The molecule has 0 heterocycles. The quantitative estimate of drug-likeness (QED) is 0.659. The molecular weight excluding hydrogens is 238 g/mol. The zero-order valence-electron chi connectivity index (χ0n) is 9.50. The lowest BCUT2D eigenvalue weighted by Gasteiger charge is -2.07. The molecule has 94 valence electrons. The van der Waals surface area contributed by atoms with E-state index in [0.717, 1.165) is 5.56 Å². The second-order valence-corrected chi connectivity index (χ2v) is 4.64. The molecule has 1 unspecified atom stereocenters. The topological polar surface area (TPSA) is 69.6 Å². The van der Waals surface area contributed by atoms with E-state index in [9.17, 15) is 4.79 Å². The number of nitrogens with one attached hydrogen (secondary N) is 1. The first-order chi connectivity index (χ1) is 8.22. The molecule has 0 saturated heterocycles. The molecule has 0 radical (unpaired) electrons. The second-order valence-electron chi connectivity index (χ2n) is 3.61. The standard InChI is InChI=1S/C12H17NO3S/c14-7-11(15)8-17-9-12(16)13-6-10-4-2-1-3-5-10/h1-5,11,14-15H,6-9H2,(H,13,16). The molecule has 0 aliphatic rings. The van der Waals surface area contributed by atoms with Crippen molar-refractivity contribution in [3.8, 4) is 0 Å². The third kappa shape index (κ3) is 6.31. The van der Waals surface area contributed by atoms with E-state index in [-0.39, 0.29) is 12.5 Å². The lowest BCUT2D eigenvalue weighted by atomic mass is 10.2. The van der Waals surface area contributed by atoms with Crippen LogP contribution in [0.15, 0.2) is 30.3 Å². The average molecular weight is 255 g/mol. The van der Waals surface area contributed by atoms with Crippen LogP contribution in [0.25, 0.3) is 0 Å². The normalized spacial score (nSPS) is 12.1. The first kappa shape index (κ1) is 14.0. The summed E-state index contributed by atoms with van der Waals surface area (Å²) in [4.78, 5) is 11.4. The lowest BCUT2D eigenvalue weighted by molar-refractivity contribution is -0.118. The summed E-state index contributed by atoms with van der Waals surface area (Å²) in [6.07, 6.45) is -0.748. The molecule has 0 spiro atoms. The number of aliphatic hydroxyl groups is 2. The number of rotatable bonds is 7. The van der Waals surface area contributed by atoms with E-state index < -0.39 is 6.10 Å². The zero-order chi connectivity index (χ0) is 12.5. The van der Waals surface area contributed by atoms with Crippen LogP contribution in [-0.4, -0.2) is 40.3 Å². The maximum atomic E-state index is 11.4. The third-order valence-corrected chi connectivity index (χ3v) is 3.17. The van der Waals surface area contributed by atoms with E-state index in [1.807, 2.05) is 30.3 Å². The number of aliphatic hydroxyl groups excluding tert-OH is 2. The van der Waals surface area contributed by atoms with Crippen LogP contribution in [0.2, 0.25) is 0 Å². The molecule has 0 aromatic heterocycles. The van der Waals surface area contributed by atoms with Crippen molar-refractivity contribution >= 4 is 17.7 Å². The molecule has 3 N–H and O–H groups in total. The maximum Gasteiger partial charge on any atom is 0.230 e. The van der Waals surface area contributed by atoms with Crippen molar-refractivity contribution in [2.75, 3.05) is 18.1 Å². The summed E-state index contributed by atoms with van der Waals surface area (Å²) in [5, 5.41) is 20.5. The predicted molar refractivity (Wildman–Crippen MR) is 68.7 cm³/mol. The van der Waals surface area contributed by atoms with Gasteiger partial charge in [-0.1, -0.05) is 30.3 Å². The van der Waals surface area contributed by atoms with Crippen molar-refractivity contribution in [3.63, 3.8) is 0 Å². The van der Waals surface area contributed by atoms with Crippen LogP contribution >= 0.6 is 11.8 Å². The molecular formula is C12H17NO3S. The Hall–Kier alpha value is -1.04. The molecule has 0 aliphatic heterocycles. The summed E-state index contributed by atoms with van der Waals surface area (Å²) < 4.78 is 0. The van der Waals surface area contributed by atoms with Gasteiger partial charge in [-0.3, -0.25) is 4.79 Å². The van der Waals surface area contributed by atoms with Crippen molar-refractivity contribution in [1.29, 1.82) is 0 Å². The van der Waals surface area contributed by atoms with E-state index in [0.29, 0.717) is 18.1 Å². The summed E-state index contributed by atoms with van der Waals surface area (Å²) in [6, 6.07) is 9.67. The summed E-state index contributed by atoms with van der Waals surface area (Å²) in [7, 11) is 0. The highest BCUT2D eigenvalue weighted by atomic mass is 32.2. The minimum Gasteiger partial charge on any atom is -0.394 e. The summed E-state index contributed by atoms with van der Waals surface area (Å²) >= 11 is 1.31. The van der Waals surface area contributed by atoms with Crippen LogP contribution in [-0.2, 0) is 11.3 Å². The third-order valence-electron chi connectivity index (χ3n) is 2.09. The van der Waals surface area contributed by atoms with Gasteiger partial charge in [0.05, 0.1) is 18.5 Å². The van der Waals surface area contributed by atoms with Gasteiger partial charge in [0.1, 0.15) is 0 Å². The highest BCUT2D eigenvalue weighted by Gasteiger charge is 2.05. The molecule has 5 heteroatoms. The molecule has 1 aromatic rings. The van der Waals surface area contributed by atoms with Gasteiger partial charge >= 0.3 is 0 Å². The summed E-state index contributed by atoms with van der Waals surface area (Å²) in [6.45, 7) is 0.251. The Morgan fingerprint density at radius 3 is 2.71 bits per heavy atom. The van der Waals surface area contributed by atoms with Gasteiger partial charge in [0.2, 0.25) is 5.91 Å². The smallest absolute Gasteiger partial charge is 0.230 e. The van der Waals surface area contributed by atoms with Crippen molar-refractivity contribution in [2.45, 2.75) is 12.6 Å². The van der Waals surface area contributed by atoms with Crippen LogP contribution in [0.1, 0.15) is 5.56 Å². The number of benzene rings is 1. The van der Waals surface area contributed by atoms with Gasteiger partial charge in [-0.05, 0) is 5.56 Å². The number of hydrogen-bond donors (Lipinski definition) is 3. The van der Waals surface area contributed by atoms with Gasteiger partial charge in [-0.15, -0.1) is 11.8 Å². The summed E-state index contributed by atoms with van der Waals surface area (Å²) in [5.74, 6) is 0.600. The zero-order valence-corrected chi connectivity index (χ0v) is 10.3. The van der Waals surface area contributed by atoms with Crippen molar-refractivity contribution in [3.05, 3.63) is 35.9 Å². The Morgan fingerprint density at radius 1 is 1.35 bits per heavy atom. The molecule has 1 aromatic carbocycles. The fourth-order valence-electron chi connectivity index (χ4n) is 1.19. The average Bonchev–Trinajstić information content (AvgIpc) is 2.37. The van der Waals surface area contributed by atoms with Crippen molar-refractivity contribution in [1.82, 2.24) is 5.32 Å². The number of hydrogen-bond acceptors (Lipinski definition) is 4. The molecule has 17 heavy (non-hydrogen) atoms. The highest BCUT2D eigenvalue weighted by molar-refractivity contribution is 7.99.